The van der Waals surface area contributed by atoms with Gasteiger partial charge in [-0.05, 0) is 29.8 Å². The summed E-state index contributed by atoms with van der Waals surface area (Å²) in [4.78, 5) is 11.8. The number of hydrogen-bond donors (Lipinski definition) is 1. The molecule has 0 heterocycles. The molecule has 0 radical (unpaired) electrons. The van der Waals surface area contributed by atoms with Crippen molar-refractivity contribution in [3.05, 3.63) is 65.5 Å². The van der Waals surface area contributed by atoms with Crippen molar-refractivity contribution in [1.82, 2.24) is 0 Å². The summed E-state index contributed by atoms with van der Waals surface area (Å²) in [7, 11) is 0. The number of carbonyl (C=O) groups excluding carboxylic acids is 1. The van der Waals surface area contributed by atoms with Crippen LogP contribution >= 0.6 is 0 Å². The standard InChI is InChI=1S/C15H13FO3/c16-13-3-1-2-12(8-13)15(18)10-19-14-6-4-11(9-17)5-7-14/h1-8,17H,9-10H2. The number of aliphatic hydroxyl groups excluding tert-OH is 1. The summed E-state index contributed by atoms with van der Waals surface area (Å²) in [5.74, 6) is -0.203. The SMILES string of the molecule is O=C(COc1ccc(CO)cc1)c1cccc(F)c1. The maximum atomic E-state index is 13.0. The zero-order valence-electron chi connectivity index (χ0n) is 10.2. The summed E-state index contributed by atoms with van der Waals surface area (Å²) >= 11 is 0. The third-order valence-electron chi connectivity index (χ3n) is 2.62. The van der Waals surface area contributed by atoms with Crippen molar-refractivity contribution in [2.75, 3.05) is 6.61 Å². The molecule has 4 heteroatoms. The Morgan fingerprint density at radius 1 is 1.16 bits per heavy atom. The summed E-state index contributed by atoms with van der Waals surface area (Å²) in [5, 5.41) is 8.89. The minimum Gasteiger partial charge on any atom is -0.485 e. The van der Waals surface area contributed by atoms with Gasteiger partial charge >= 0.3 is 0 Å². The fourth-order valence-corrected chi connectivity index (χ4v) is 1.59. The summed E-state index contributed by atoms with van der Waals surface area (Å²) in [6.45, 7) is -0.190. The van der Waals surface area contributed by atoms with E-state index in [0.29, 0.717) is 5.75 Å². The molecule has 0 atom stereocenters. The van der Waals surface area contributed by atoms with Gasteiger partial charge in [-0.3, -0.25) is 4.79 Å². The molecule has 0 spiro atoms. The molecule has 0 fully saturated rings. The first-order valence-corrected chi connectivity index (χ1v) is 5.80. The van der Waals surface area contributed by atoms with Gasteiger partial charge in [0.15, 0.2) is 12.4 Å². The van der Waals surface area contributed by atoms with Gasteiger partial charge in [0.25, 0.3) is 0 Å². The molecule has 0 aliphatic rings. The predicted octanol–water partition coefficient (Wildman–Crippen LogP) is 2.58. The molecule has 98 valence electrons. The lowest BCUT2D eigenvalue weighted by Crippen LogP contribution is -2.11. The lowest BCUT2D eigenvalue weighted by Gasteiger charge is -2.06. The van der Waals surface area contributed by atoms with Gasteiger partial charge in [0.2, 0.25) is 0 Å². The van der Waals surface area contributed by atoms with Gasteiger partial charge in [0.1, 0.15) is 11.6 Å². The van der Waals surface area contributed by atoms with E-state index in [4.69, 9.17) is 9.84 Å². The Morgan fingerprint density at radius 2 is 1.89 bits per heavy atom. The smallest absolute Gasteiger partial charge is 0.200 e. The van der Waals surface area contributed by atoms with E-state index in [2.05, 4.69) is 0 Å². The lowest BCUT2D eigenvalue weighted by atomic mass is 10.1. The number of Topliss-reactive ketones (excluding diaryl/α,β-unsaturated/α-hetero) is 1. The van der Waals surface area contributed by atoms with Crippen LogP contribution in [0.3, 0.4) is 0 Å². The Morgan fingerprint density at radius 3 is 2.53 bits per heavy atom. The molecule has 0 amide bonds. The molecule has 0 aromatic heterocycles. The van der Waals surface area contributed by atoms with E-state index >= 15 is 0 Å². The minimum atomic E-state index is -0.446. The highest BCUT2D eigenvalue weighted by atomic mass is 19.1. The van der Waals surface area contributed by atoms with Crippen molar-refractivity contribution in [2.24, 2.45) is 0 Å². The second-order valence-corrected chi connectivity index (χ2v) is 4.02. The second kappa shape index (κ2) is 6.11. The van der Waals surface area contributed by atoms with Crippen LogP contribution in [0, 0.1) is 5.82 Å². The van der Waals surface area contributed by atoms with Crippen LogP contribution in [0.5, 0.6) is 5.75 Å². The molecule has 19 heavy (non-hydrogen) atoms. The maximum Gasteiger partial charge on any atom is 0.200 e. The van der Waals surface area contributed by atoms with E-state index in [1.54, 1.807) is 30.3 Å². The van der Waals surface area contributed by atoms with Crippen LogP contribution in [0.2, 0.25) is 0 Å². The van der Waals surface area contributed by atoms with E-state index < -0.39 is 5.82 Å². The summed E-state index contributed by atoms with van der Waals surface area (Å²) < 4.78 is 18.3. The third-order valence-corrected chi connectivity index (χ3v) is 2.62. The van der Waals surface area contributed by atoms with Gasteiger partial charge in [0, 0.05) is 5.56 Å². The fraction of sp³-hybridized carbons (Fsp3) is 0.133. The third kappa shape index (κ3) is 3.63. The monoisotopic (exact) mass is 260 g/mol. The molecular weight excluding hydrogens is 247 g/mol. The predicted molar refractivity (Wildman–Crippen MR) is 68.6 cm³/mol. The van der Waals surface area contributed by atoms with Gasteiger partial charge in [-0.15, -0.1) is 0 Å². The highest BCUT2D eigenvalue weighted by Gasteiger charge is 2.07. The van der Waals surface area contributed by atoms with Crippen LogP contribution in [0.1, 0.15) is 15.9 Å². The summed E-state index contributed by atoms with van der Waals surface area (Å²) in [6, 6.07) is 12.3. The quantitative estimate of drug-likeness (QED) is 0.840. The van der Waals surface area contributed by atoms with Gasteiger partial charge in [-0.1, -0.05) is 24.3 Å². The molecule has 2 rings (SSSR count). The number of halogens is 1. The number of hydrogen-bond acceptors (Lipinski definition) is 3. The lowest BCUT2D eigenvalue weighted by molar-refractivity contribution is 0.0921. The number of ether oxygens (including phenoxy) is 1. The molecule has 0 saturated heterocycles. The van der Waals surface area contributed by atoms with Gasteiger partial charge in [0.05, 0.1) is 6.61 Å². The normalized spacial score (nSPS) is 10.2. The Bertz CT molecular complexity index is 564. The molecule has 1 N–H and O–H groups in total. The number of aliphatic hydroxyl groups is 1. The van der Waals surface area contributed by atoms with E-state index in [1.165, 1.54) is 18.2 Å². The van der Waals surface area contributed by atoms with Gasteiger partial charge < -0.3 is 9.84 Å². The first kappa shape index (κ1) is 13.2. The van der Waals surface area contributed by atoms with Crippen molar-refractivity contribution in [3.63, 3.8) is 0 Å². The van der Waals surface area contributed by atoms with Crippen molar-refractivity contribution >= 4 is 5.78 Å². The van der Waals surface area contributed by atoms with Gasteiger partial charge in [-0.25, -0.2) is 4.39 Å². The van der Waals surface area contributed by atoms with Crippen molar-refractivity contribution in [2.45, 2.75) is 6.61 Å². The highest BCUT2D eigenvalue weighted by Crippen LogP contribution is 2.13. The second-order valence-electron chi connectivity index (χ2n) is 4.02. The van der Waals surface area contributed by atoms with E-state index in [9.17, 15) is 9.18 Å². The molecule has 0 bridgehead atoms. The molecule has 0 saturated carbocycles. The van der Waals surface area contributed by atoms with Crippen LogP contribution in [-0.4, -0.2) is 17.5 Å². The zero-order chi connectivity index (χ0) is 13.7. The molecule has 0 aliphatic heterocycles. The Balaban J connectivity index is 1.96. The summed E-state index contributed by atoms with van der Waals surface area (Å²) in [5.41, 5.74) is 1.05. The largest absolute Gasteiger partial charge is 0.485 e. The average molecular weight is 260 g/mol. The Kier molecular flexibility index (Phi) is 4.26. The zero-order valence-corrected chi connectivity index (χ0v) is 10.2. The molecular formula is C15H13FO3. The Labute approximate surface area is 110 Å². The van der Waals surface area contributed by atoms with E-state index in [0.717, 1.165) is 5.56 Å². The first-order valence-electron chi connectivity index (χ1n) is 5.80. The Hall–Kier alpha value is -2.20. The van der Waals surface area contributed by atoms with Crippen molar-refractivity contribution in [1.29, 1.82) is 0 Å². The number of carbonyl (C=O) groups is 1. The highest BCUT2D eigenvalue weighted by molar-refractivity contribution is 5.97. The van der Waals surface area contributed by atoms with Crippen molar-refractivity contribution in [3.8, 4) is 5.75 Å². The topological polar surface area (TPSA) is 46.5 Å². The molecule has 3 nitrogen and oxygen atoms in total. The van der Waals surface area contributed by atoms with Gasteiger partial charge in [-0.2, -0.15) is 0 Å². The van der Waals surface area contributed by atoms with Crippen LogP contribution in [0.15, 0.2) is 48.5 Å². The average Bonchev–Trinajstić information content (AvgIpc) is 2.45. The first-order chi connectivity index (χ1) is 9.19. The van der Waals surface area contributed by atoms with Crippen molar-refractivity contribution < 1.29 is 19.0 Å². The number of benzene rings is 2. The van der Waals surface area contributed by atoms with E-state index in [1.807, 2.05) is 0 Å². The van der Waals surface area contributed by atoms with Crippen LogP contribution in [-0.2, 0) is 6.61 Å². The molecule has 2 aromatic carbocycles. The van der Waals surface area contributed by atoms with Crippen LogP contribution in [0.25, 0.3) is 0 Å². The fourth-order valence-electron chi connectivity index (χ4n) is 1.59. The molecule has 0 aliphatic carbocycles. The molecule has 2 aromatic rings. The molecule has 0 unspecified atom stereocenters. The van der Waals surface area contributed by atoms with Crippen LogP contribution in [0.4, 0.5) is 4.39 Å². The number of rotatable bonds is 5. The van der Waals surface area contributed by atoms with Crippen LogP contribution < -0.4 is 4.74 Å². The summed E-state index contributed by atoms with van der Waals surface area (Å²) in [6.07, 6.45) is 0. The minimum absolute atomic E-state index is 0.0392. The van der Waals surface area contributed by atoms with E-state index in [-0.39, 0.29) is 24.6 Å². The number of ketones is 1. The maximum absolute atomic E-state index is 13.0.